The first-order valence-electron chi connectivity index (χ1n) is 8.88. The number of thiocarbonyl (C=S) groups is 1. The van der Waals surface area contributed by atoms with Crippen molar-refractivity contribution in [2.24, 2.45) is 0 Å². The topological polar surface area (TPSA) is 42.3 Å². The molecule has 0 radical (unpaired) electrons. The maximum absolute atomic E-state index is 5.67. The fourth-order valence-corrected chi connectivity index (χ4v) is 3.72. The smallest absolute Gasteiger partial charge is 0.170 e. The Bertz CT molecular complexity index is 688. The average molecular weight is 359 g/mol. The van der Waals surface area contributed by atoms with Crippen LogP contribution in [0.2, 0.25) is 0 Å². The molecule has 0 unspecified atom stereocenters. The SMILES string of the molecule is CCCCN1C(=S)N[C@@H](c2ccccn2)[C@@H]1c1cccn1CCOC. The van der Waals surface area contributed by atoms with Crippen molar-refractivity contribution in [2.45, 2.75) is 38.4 Å². The number of methoxy groups -OCH3 is 1. The molecule has 5 nitrogen and oxygen atoms in total. The van der Waals surface area contributed by atoms with Crippen molar-refractivity contribution >= 4 is 17.3 Å². The van der Waals surface area contributed by atoms with Gasteiger partial charge >= 0.3 is 0 Å². The summed E-state index contributed by atoms with van der Waals surface area (Å²) in [6.45, 7) is 4.68. The van der Waals surface area contributed by atoms with Crippen LogP contribution in [0.3, 0.4) is 0 Å². The molecule has 1 N–H and O–H groups in total. The maximum atomic E-state index is 5.67. The molecule has 1 aliphatic rings. The first-order valence-corrected chi connectivity index (χ1v) is 9.29. The zero-order valence-corrected chi connectivity index (χ0v) is 15.7. The van der Waals surface area contributed by atoms with Crippen LogP contribution in [-0.2, 0) is 11.3 Å². The molecule has 0 aliphatic carbocycles. The first kappa shape index (κ1) is 17.9. The van der Waals surface area contributed by atoms with E-state index >= 15 is 0 Å². The van der Waals surface area contributed by atoms with Gasteiger partial charge in [0.15, 0.2) is 5.11 Å². The Balaban J connectivity index is 1.96. The number of unbranched alkanes of at least 4 members (excludes halogenated alkanes) is 1. The quantitative estimate of drug-likeness (QED) is 0.734. The molecule has 0 saturated carbocycles. The molecule has 25 heavy (non-hydrogen) atoms. The van der Waals surface area contributed by atoms with Crippen molar-refractivity contribution in [3.8, 4) is 0 Å². The number of pyridine rings is 1. The summed E-state index contributed by atoms with van der Waals surface area (Å²) in [5.74, 6) is 0. The number of ether oxygens (including phenoxy) is 1. The van der Waals surface area contributed by atoms with Gasteiger partial charge in [-0.3, -0.25) is 4.98 Å². The summed E-state index contributed by atoms with van der Waals surface area (Å²) in [4.78, 5) is 6.90. The summed E-state index contributed by atoms with van der Waals surface area (Å²) in [6, 6.07) is 10.5. The van der Waals surface area contributed by atoms with E-state index in [-0.39, 0.29) is 12.1 Å². The Hall–Kier alpha value is -1.92. The molecule has 2 aromatic rings. The fourth-order valence-electron chi connectivity index (χ4n) is 3.39. The van der Waals surface area contributed by atoms with Gasteiger partial charge in [0.05, 0.1) is 24.4 Å². The molecular weight excluding hydrogens is 332 g/mol. The van der Waals surface area contributed by atoms with E-state index in [1.165, 1.54) is 5.69 Å². The summed E-state index contributed by atoms with van der Waals surface area (Å²) < 4.78 is 7.53. The number of hydrogen-bond donors (Lipinski definition) is 1. The Morgan fingerprint density at radius 3 is 2.84 bits per heavy atom. The van der Waals surface area contributed by atoms with E-state index < -0.39 is 0 Å². The largest absolute Gasteiger partial charge is 0.383 e. The highest BCUT2D eigenvalue weighted by molar-refractivity contribution is 7.80. The van der Waals surface area contributed by atoms with Crippen LogP contribution in [0.4, 0.5) is 0 Å². The Morgan fingerprint density at radius 2 is 2.12 bits per heavy atom. The van der Waals surface area contributed by atoms with Crippen LogP contribution in [0, 0.1) is 0 Å². The lowest BCUT2D eigenvalue weighted by Gasteiger charge is -2.28. The van der Waals surface area contributed by atoms with Crippen LogP contribution in [0.1, 0.15) is 43.2 Å². The highest BCUT2D eigenvalue weighted by atomic mass is 32.1. The third-order valence-electron chi connectivity index (χ3n) is 4.65. The molecule has 1 saturated heterocycles. The highest BCUT2D eigenvalue weighted by Gasteiger charge is 2.40. The van der Waals surface area contributed by atoms with Gasteiger partial charge in [0.2, 0.25) is 0 Å². The second kappa shape index (κ2) is 8.45. The Labute approximate surface area is 155 Å². The summed E-state index contributed by atoms with van der Waals surface area (Å²) in [5.41, 5.74) is 2.27. The van der Waals surface area contributed by atoms with Crippen molar-refractivity contribution in [1.82, 2.24) is 19.8 Å². The van der Waals surface area contributed by atoms with E-state index in [2.05, 4.69) is 51.1 Å². The third kappa shape index (κ3) is 3.85. The Morgan fingerprint density at radius 1 is 1.24 bits per heavy atom. The van der Waals surface area contributed by atoms with Crippen molar-refractivity contribution in [1.29, 1.82) is 0 Å². The average Bonchev–Trinajstić information content (AvgIpc) is 3.22. The van der Waals surface area contributed by atoms with Gasteiger partial charge in [-0.25, -0.2) is 0 Å². The molecule has 0 aromatic carbocycles. The lowest BCUT2D eigenvalue weighted by atomic mass is 10.0. The molecule has 3 rings (SSSR count). The van der Waals surface area contributed by atoms with Crippen molar-refractivity contribution in [3.05, 3.63) is 54.1 Å². The summed E-state index contributed by atoms with van der Waals surface area (Å²) in [5, 5.41) is 4.31. The molecule has 0 amide bonds. The minimum atomic E-state index is 0.0572. The zero-order valence-electron chi connectivity index (χ0n) is 14.9. The number of rotatable bonds is 8. The minimum absolute atomic E-state index is 0.0572. The standard InChI is InChI=1S/C19H26N4OS/c1-3-4-12-23-18(16-9-7-11-22(16)13-14-24-2)17(21-19(23)25)15-8-5-6-10-20-15/h5-11,17-18H,3-4,12-14H2,1-2H3,(H,21,25)/t17-,18-/m0/s1. The molecule has 1 fully saturated rings. The van der Waals surface area contributed by atoms with Gasteiger partial charge < -0.3 is 19.5 Å². The summed E-state index contributed by atoms with van der Waals surface area (Å²) >= 11 is 5.67. The fraction of sp³-hybridized carbons (Fsp3) is 0.474. The van der Waals surface area contributed by atoms with E-state index in [4.69, 9.17) is 17.0 Å². The summed E-state index contributed by atoms with van der Waals surface area (Å²) in [6.07, 6.45) is 6.22. The van der Waals surface area contributed by atoms with Gasteiger partial charge in [-0.15, -0.1) is 0 Å². The van der Waals surface area contributed by atoms with E-state index in [0.29, 0.717) is 6.61 Å². The van der Waals surface area contributed by atoms with Crippen LogP contribution >= 0.6 is 12.2 Å². The summed E-state index contributed by atoms with van der Waals surface area (Å²) in [7, 11) is 1.74. The molecule has 134 valence electrons. The van der Waals surface area contributed by atoms with E-state index in [1.54, 1.807) is 7.11 Å². The molecular formula is C19H26N4OS. The number of hydrogen-bond acceptors (Lipinski definition) is 3. The number of nitrogens with one attached hydrogen (secondary N) is 1. The molecule has 0 spiro atoms. The second-order valence-corrected chi connectivity index (χ2v) is 6.68. The number of nitrogens with zero attached hydrogens (tertiary/aromatic N) is 3. The molecule has 2 aromatic heterocycles. The maximum Gasteiger partial charge on any atom is 0.170 e. The number of aromatic nitrogens is 2. The monoisotopic (exact) mass is 358 g/mol. The molecule has 3 heterocycles. The zero-order chi connectivity index (χ0) is 17.6. The van der Waals surface area contributed by atoms with E-state index in [9.17, 15) is 0 Å². The van der Waals surface area contributed by atoms with Gasteiger partial charge in [0, 0.05) is 38.3 Å². The lowest BCUT2D eigenvalue weighted by Crippen LogP contribution is -2.31. The first-order chi connectivity index (χ1) is 12.3. The molecule has 2 atom stereocenters. The van der Waals surface area contributed by atoms with Crippen LogP contribution in [0.25, 0.3) is 0 Å². The third-order valence-corrected chi connectivity index (χ3v) is 5.01. The van der Waals surface area contributed by atoms with Crippen LogP contribution in [-0.4, -0.2) is 39.8 Å². The normalized spacial score (nSPS) is 20.1. The predicted molar refractivity (Wildman–Crippen MR) is 103 cm³/mol. The van der Waals surface area contributed by atoms with Gasteiger partial charge in [0.1, 0.15) is 0 Å². The van der Waals surface area contributed by atoms with Gasteiger partial charge in [-0.05, 0) is 42.9 Å². The van der Waals surface area contributed by atoms with Crippen molar-refractivity contribution in [3.63, 3.8) is 0 Å². The highest BCUT2D eigenvalue weighted by Crippen LogP contribution is 2.38. The van der Waals surface area contributed by atoms with Crippen molar-refractivity contribution < 1.29 is 4.74 Å². The van der Waals surface area contributed by atoms with Crippen molar-refractivity contribution in [2.75, 3.05) is 20.3 Å². The van der Waals surface area contributed by atoms with Gasteiger partial charge in [0.25, 0.3) is 0 Å². The minimum Gasteiger partial charge on any atom is -0.383 e. The Kier molecular flexibility index (Phi) is 6.04. The van der Waals surface area contributed by atoms with Crippen LogP contribution < -0.4 is 5.32 Å². The molecule has 0 bridgehead atoms. The lowest BCUT2D eigenvalue weighted by molar-refractivity contribution is 0.184. The molecule has 6 heteroatoms. The van der Waals surface area contributed by atoms with E-state index in [0.717, 1.165) is 36.7 Å². The molecule has 1 aliphatic heterocycles. The van der Waals surface area contributed by atoms with Crippen LogP contribution in [0.5, 0.6) is 0 Å². The predicted octanol–water partition coefficient (Wildman–Crippen LogP) is 3.30. The van der Waals surface area contributed by atoms with Gasteiger partial charge in [-0.1, -0.05) is 19.4 Å². The van der Waals surface area contributed by atoms with E-state index in [1.807, 2.05) is 18.3 Å². The van der Waals surface area contributed by atoms with Crippen LogP contribution in [0.15, 0.2) is 42.7 Å². The van der Waals surface area contributed by atoms with Gasteiger partial charge in [-0.2, -0.15) is 0 Å². The second-order valence-electron chi connectivity index (χ2n) is 6.29.